The lowest BCUT2D eigenvalue weighted by molar-refractivity contribution is -0.137. The number of rotatable bonds is 12. The second kappa shape index (κ2) is 19.8. The smallest absolute Gasteiger partial charge is 0.303 e. The molecule has 2 atom stereocenters. The van der Waals surface area contributed by atoms with Crippen molar-refractivity contribution >= 4 is 24.2 Å². The minimum atomic E-state index is -0.832. The van der Waals surface area contributed by atoms with Crippen LogP contribution < -0.4 is 17.2 Å². The van der Waals surface area contributed by atoms with Crippen LogP contribution in [0.1, 0.15) is 65.7 Å². The Bertz CT molecular complexity index is 1110. The maximum atomic E-state index is 11.0. The molecule has 7 N–H and O–H groups in total. The lowest BCUT2D eigenvalue weighted by Crippen LogP contribution is -2.20. The Morgan fingerprint density at radius 3 is 2.33 bits per heavy atom. The van der Waals surface area contributed by atoms with Crippen molar-refractivity contribution in [2.75, 3.05) is 0 Å². The van der Waals surface area contributed by atoms with E-state index < -0.39 is 5.97 Å². The quantitative estimate of drug-likeness (QED) is 0.195. The number of hydrogen-bond donors (Lipinski definition) is 4. The van der Waals surface area contributed by atoms with Crippen LogP contribution in [0, 0.1) is 11.3 Å². The molecule has 0 aromatic rings. The maximum Gasteiger partial charge on any atom is 0.303 e. The average molecular weight is 552 g/mol. The number of carbonyl (C=O) groups is 4. The topological polar surface area (TPSA) is 167 Å². The molecule has 2 rings (SSSR count). The Labute approximate surface area is 238 Å². The first-order valence-electron chi connectivity index (χ1n) is 13.3. The fourth-order valence-corrected chi connectivity index (χ4v) is 3.86. The highest BCUT2D eigenvalue weighted by Crippen LogP contribution is 2.38. The van der Waals surface area contributed by atoms with Crippen LogP contribution in [0.2, 0.25) is 0 Å². The van der Waals surface area contributed by atoms with Gasteiger partial charge in [0.15, 0.2) is 0 Å². The Kier molecular flexibility index (Phi) is 17.7. The van der Waals surface area contributed by atoms with Gasteiger partial charge in [0.05, 0.1) is 0 Å². The van der Waals surface area contributed by atoms with E-state index in [0.717, 1.165) is 18.4 Å². The Hall–Kier alpha value is -4.20. The molecule has 0 heterocycles. The molecule has 2 aliphatic carbocycles. The van der Waals surface area contributed by atoms with E-state index in [2.05, 4.69) is 93.0 Å². The third kappa shape index (κ3) is 15.3. The lowest BCUT2D eigenvalue weighted by Gasteiger charge is -2.30. The van der Waals surface area contributed by atoms with E-state index in [1.807, 2.05) is 0 Å². The molecule has 8 nitrogen and oxygen atoms in total. The Morgan fingerprint density at radius 1 is 1.12 bits per heavy atom. The van der Waals surface area contributed by atoms with Gasteiger partial charge in [-0.3, -0.25) is 19.2 Å². The summed E-state index contributed by atoms with van der Waals surface area (Å²) in [5.41, 5.74) is 19.0. The second-order valence-corrected chi connectivity index (χ2v) is 9.71. The maximum absolute atomic E-state index is 11.0. The van der Waals surface area contributed by atoms with Gasteiger partial charge < -0.3 is 22.3 Å². The summed E-state index contributed by atoms with van der Waals surface area (Å²) in [6, 6.07) is 0. The van der Waals surface area contributed by atoms with Crippen molar-refractivity contribution in [3.8, 4) is 0 Å². The molecule has 0 bridgehead atoms. The molecule has 8 heteroatoms. The van der Waals surface area contributed by atoms with E-state index in [-0.39, 0.29) is 36.0 Å². The standard InChI is InChI=1S/C24H29NO.C7H13NO3.CH3NO/c1-4-22(13-11-19(2)21-9-7-5-6-8-10-21)24(3)17-15-20(16-18-24)12-14-23(25)26;1-5(7(8)11)3-2-4-6(9)10;2-1-3/h4-7,9-11,13,15-17H,2,8,12,14,18H2,1,3H3,(H2,25,26);5H,2-4H2,1H3,(H2,8,11)(H,9,10);1H,(H2,2,3)/b13-11-,22-4+;;/t;5-;/m.1./s1. The highest BCUT2D eigenvalue weighted by atomic mass is 16.4. The third-order valence-corrected chi connectivity index (χ3v) is 6.43. The van der Waals surface area contributed by atoms with E-state index in [9.17, 15) is 14.4 Å². The molecule has 218 valence electrons. The summed E-state index contributed by atoms with van der Waals surface area (Å²) < 4.78 is 0. The Morgan fingerprint density at radius 2 is 1.80 bits per heavy atom. The summed E-state index contributed by atoms with van der Waals surface area (Å²) >= 11 is 0. The monoisotopic (exact) mass is 551 g/mol. The molecule has 0 radical (unpaired) electrons. The van der Waals surface area contributed by atoms with Gasteiger partial charge in [-0.25, -0.2) is 0 Å². The summed E-state index contributed by atoms with van der Waals surface area (Å²) in [7, 11) is 0. The van der Waals surface area contributed by atoms with Crippen LogP contribution in [0.5, 0.6) is 0 Å². The number of nitrogens with two attached hydrogens (primary N) is 3. The zero-order valence-corrected chi connectivity index (χ0v) is 24.0. The van der Waals surface area contributed by atoms with Gasteiger partial charge in [-0.1, -0.05) is 92.8 Å². The SMILES string of the molecule is C=C(/C=C\C(=C/C)C1(C)C=CC(CCC(N)=O)=CC1)C1=CCC=CC=C1.C[C@H](CCCC(=O)O)C(N)=O.NC=O. The first kappa shape index (κ1) is 35.8. The van der Waals surface area contributed by atoms with Crippen LogP contribution in [0.4, 0.5) is 0 Å². The number of hydrogen-bond acceptors (Lipinski definition) is 4. The minimum Gasteiger partial charge on any atom is -0.481 e. The minimum absolute atomic E-state index is 0.0447. The average Bonchev–Trinajstić information content (AvgIpc) is 3.19. The number of carboxylic acid groups (broad SMARTS) is 1. The van der Waals surface area contributed by atoms with E-state index >= 15 is 0 Å². The highest BCUT2D eigenvalue weighted by Gasteiger charge is 2.25. The van der Waals surface area contributed by atoms with Crippen molar-refractivity contribution in [1.82, 2.24) is 0 Å². The molecule has 0 aromatic heterocycles. The Balaban J connectivity index is 0.000000908. The molecule has 3 amide bonds. The summed E-state index contributed by atoms with van der Waals surface area (Å²) in [6.45, 7) is 10.2. The number of carboxylic acids is 1. The van der Waals surface area contributed by atoms with Crippen LogP contribution >= 0.6 is 0 Å². The third-order valence-electron chi connectivity index (χ3n) is 6.43. The molecule has 0 saturated heterocycles. The van der Waals surface area contributed by atoms with Crippen molar-refractivity contribution in [2.24, 2.45) is 28.5 Å². The van der Waals surface area contributed by atoms with Gasteiger partial charge >= 0.3 is 5.97 Å². The van der Waals surface area contributed by atoms with Crippen molar-refractivity contribution < 1.29 is 24.3 Å². The summed E-state index contributed by atoms with van der Waals surface area (Å²) in [5, 5.41) is 8.25. The molecule has 40 heavy (non-hydrogen) atoms. The van der Waals surface area contributed by atoms with Crippen molar-refractivity contribution in [2.45, 2.75) is 65.7 Å². The van der Waals surface area contributed by atoms with Crippen molar-refractivity contribution in [1.29, 1.82) is 0 Å². The highest BCUT2D eigenvalue weighted by molar-refractivity contribution is 5.76. The van der Waals surface area contributed by atoms with Crippen LogP contribution in [0.15, 0.2) is 95.7 Å². The molecule has 0 aliphatic heterocycles. The van der Waals surface area contributed by atoms with E-state index in [1.54, 1.807) is 6.92 Å². The number of allylic oxidation sites excluding steroid dienone is 15. The zero-order valence-electron chi connectivity index (χ0n) is 24.0. The number of amides is 3. The van der Waals surface area contributed by atoms with Crippen LogP contribution in [-0.2, 0) is 19.2 Å². The van der Waals surface area contributed by atoms with Gasteiger partial charge in [0.2, 0.25) is 18.2 Å². The number of carbonyl (C=O) groups excluding carboxylic acids is 3. The molecule has 2 aliphatic rings. The van der Waals surface area contributed by atoms with E-state index in [4.69, 9.17) is 21.4 Å². The molecule has 0 saturated carbocycles. The van der Waals surface area contributed by atoms with Gasteiger partial charge in [0, 0.05) is 24.2 Å². The molecule has 0 spiro atoms. The first-order chi connectivity index (χ1) is 18.9. The first-order valence-corrected chi connectivity index (χ1v) is 13.3. The predicted molar refractivity (Wildman–Crippen MR) is 161 cm³/mol. The second-order valence-electron chi connectivity index (χ2n) is 9.71. The van der Waals surface area contributed by atoms with Gasteiger partial charge in [-0.05, 0) is 55.7 Å². The predicted octanol–water partition coefficient (Wildman–Crippen LogP) is 5.11. The van der Waals surface area contributed by atoms with Gasteiger partial charge in [0.1, 0.15) is 0 Å². The molecule has 0 fully saturated rings. The molecular weight excluding hydrogens is 506 g/mol. The normalized spacial score (nSPS) is 18.6. The van der Waals surface area contributed by atoms with Crippen molar-refractivity contribution in [3.05, 3.63) is 95.7 Å². The molecular formula is C32H45N3O5. The van der Waals surface area contributed by atoms with Crippen molar-refractivity contribution in [3.63, 3.8) is 0 Å². The van der Waals surface area contributed by atoms with E-state index in [0.29, 0.717) is 25.7 Å². The van der Waals surface area contributed by atoms with E-state index in [1.165, 1.54) is 16.7 Å². The summed E-state index contributed by atoms with van der Waals surface area (Å²) in [6.07, 6.45) is 28.0. The summed E-state index contributed by atoms with van der Waals surface area (Å²) in [4.78, 5) is 40.0. The molecule has 1 unspecified atom stereocenters. The van der Waals surface area contributed by atoms with Crippen LogP contribution in [0.3, 0.4) is 0 Å². The summed E-state index contributed by atoms with van der Waals surface area (Å²) in [5.74, 6) is -1.66. The van der Waals surface area contributed by atoms with Gasteiger partial charge in [0.25, 0.3) is 0 Å². The van der Waals surface area contributed by atoms with Crippen LogP contribution in [0.25, 0.3) is 0 Å². The van der Waals surface area contributed by atoms with Crippen LogP contribution in [-0.4, -0.2) is 29.3 Å². The number of aliphatic carboxylic acids is 1. The lowest BCUT2D eigenvalue weighted by atomic mass is 9.75. The fraction of sp³-hybridized carbons (Fsp3) is 0.375. The van der Waals surface area contributed by atoms with Gasteiger partial charge in [-0.15, -0.1) is 0 Å². The number of primary amides is 3. The van der Waals surface area contributed by atoms with Gasteiger partial charge in [-0.2, -0.15) is 0 Å². The fourth-order valence-electron chi connectivity index (χ4n) is 3.86. The largest absolute Gasteiger partial charge is 0.481 e. The zero-order chi connectivity index (χ0) is 30.6. The molecule has 0 aromatic carbocycles.